The molecule has 1 fully saturated rings. The molecule has 0 heterocycles. The number of methoxy groups -OCH3 is 1. The fourth-order valence-electron chi connectivity index (χ4n) is 1.72. The van der Waals surface area contributed by atoms with Crippen LogP contribution >= 0.6 is 0 Å². The van der Waals surface area contributed by atoms with E-state index >= 15 is 0 Å². The highest BCUT2D eigenvalue weighted by Crippen LogP contribution is 2.28. The molecule has 64 valence electrons. The maximum atomic E-state index is 11.2. The summed E-state index contributed by atoms with van der Waals surface area (Å²) >= 11 is 0. The van der Waals surface area contributed by atoms with Crippen molar-refractivity contribution in [1.29, 1.82) is 0 Å². The first kappa shape index (κ1) is 8.72. The Balaban J connectivity index is 2.59. The summed E-state index contributed by atoms with van der Waals surface area (Å²) in [5.41, 5.74) is 0. The van der Waals surface area contributed by atoms with E-state index in [9.17, 15) is 4.79 Å². The van der Waals surface area contributed by atoms with Crippen molar-refractivity contribution in [3.63, 3.8) is 0 Å². The van der Waals surface area contributed by atoms with Crippen LogP contribution in [0.5, 0.6) is 0 Å². The number of Topliss-reactive ketones (excluding diaryl/α,β-unsaturated/α-hetero) is 1. The Labute approximate surface area is 67.9 Å². The van der Waals surface area contributed by atoms with E-state index < -0.39 is 0 Å². The Hall–Kier alpha value is -0.370. The fraction of sp³-hybridized carbons (Fsp3) is 0.889. The van der Waals surface area contributed by atoms with Gasteiger partial charge in [0.05, 0.1) is 6.10 Å². The van der Waals surface area contributed by atoms with Crippen LogP contribution in [-0.2, 0) is 9.53 Å². The minimum atomic E-state index is 0.189. The summed E-state index contributed by atoms with van der Waals surface area (Å²) in [7, 11) is 1.73. The van der Waals surface area contributed by atoms with E-state index in [0.29, 0.717) is 24.2 Å². The Morgan fingerprint density at radius 1 is 1.45 bits per heavy atom. The third kappa shape index (κ3) is 1.62. The summed E-state index contributed by atoms with van der Waals surface area (Å²) in [6, 6.07) is 0. The summed E-state index contributed by atoms with van der Waals surface area (Å²) in [6.45, 7) is 4.09. The maximum Gasteiger partial charge on any atom is 0.136 e. The topological polar surface area (TPSA) is 26.3 Å². The zero-order valence-corrected chi connectivity index (χ0v) is 7.46. The molecule has 0 aliphatic heterocycles. The molecule has 0 N–H and O–H groups in total. The number of carbonyl (C=O) groups is 1. The molecule has 1 unspecified atom stereocenters. The van der Waals surface area contributed by atoms with Gasteiger partial charge < -0.3 is 4.74 Å². The van der Waals surface area contributed by atoms with Gasteiger partial charge in [-0.2, -0.15) is 0 Å². The first-order valence-electron chi connectivity index (χ1n) is 4.22. The van der Waals surface area contributed by atoms with Crippen molar-refractivity contribution in [3.8, 4) is 0 Å². The summed E-state index contributed by atoms with van der Waals surface area (Å²) in [5.74, 6) is 0.973. The highest BCUT2D eigenvalue weighted by Gasteiger charge is 2.32. The van der Waals surface area contributed by atoms with Crippen molar-refractivity contribution >= 4 is 5.78 Å². The SMILES string of the molecule is COC1CCC(=O)[C@@H](C)[C@@H]1C. The molecule has 1 saturated carbocycles. The Morgan fingerprint density at radius 3 is 2.64 bits per heavy atom. The van der Waals surface area contributed by atoms with Crippen LogP contribution in [0, 0.1) is 11.8 Å². The van der Waals surface area contributed by atoms with Crippen LogP contribution in [-0.4, -0.2) is 19.0 Å². The van der Waals surface area contributed by atoms with Gasteiger partial charge in [-0.25, -0.2) is 0 Å². The minimum Gasteiger partial charge on any atom is -0.381 e. The lowest BCUT2D eigenvalue weighted by Gasteiger charge is -2.31. The number of hydrogen-bond donors (Lipinski definition) is 0. The number of ether oxygens (including phenoxy) is 1. The third-order valence-corrected chi connectivity index (χ3v) is 2.86. The molecule has 1 rings (SSSR count). The molecule has 11 heavy (non-hydrogen) atoms. The van der Waals surface area contributed by atoms with Crippen molar-refractivity contribution in [3.05, 3.63) is 0 Å². The molecule has 0 aromatic carbocycles. The predicted octanol–water partition coefficient (Wildman–Crippen LogP) is 1.64. The largest absolute Gasteiger partial charge is 0.381 e. The van der Waals surface area contributed by atoms with Crippen molar-refractivity contribution in [1.82, 2.24) is 0 Å². The second-order valence-electron chi connectivity index (χ2n) is 3.43. The zero-order valence-electron chi connectivity index (χ0n) is 7.46. The van der Waals surface area contributed by atoms with Gasteiger partial charge in [-0.05, 0) is 12.3 Å². The predicted molar refractivity (Wildman–Crippen MR) is 43.4 cm³/mol. The highest BCUT2D eigenvalue weighted by molar-refractivity contribution is 5.81. The molecule has 0 radical (unpaired) electrons. The minimum absolute atomic E-state index is 0.189. The quantitative estimate of drug-likeness (QED) is 0.577. The van der Waals surface area contributed by atoms with E-state index in [2.05, 4.69) is 6.92 Å². The van der Waals surface area contributed by atoms with E-state index in [0.717, 1.165) is 6.42 Å². The molecule has 3 atom stereocenters. The molecule has 0 saturated heterocycles. The van der Waals surface area contributed by atoms with Crippen LogP contribution in [0.15, 0.2) is 0 Å². The van der Waals surface area contributed by atoms with Gasteiger partial charge >= 0.3 is 0 Å². The van der Waals surface area contributed by atoms with Crippen LogP contribution in [0.25, 0.3) is 0 Å². The molecule has 0 bridgehead atoms. The van der Waals surface area contributed by atoms with Crippen LogP contribution in [0.1, 0.15) is 26.7 Å². The molecule has 0 amide bonds. The van der Waals surface area contributed by atoms with Gasteiger partial charge in [0.2, 0.25) is 0 Å². The average Bonchev–Trinajstić information content (AvgIpc) is 2.01. The third-order valence-electron chi connectivity index (χ3n) is 2.86. The normalized spacial score (nSPS) is 39.2. The van der Waals surface area contributed by atoms with Crippen LogP contribution in [0.2, 0.25) is 0 Å². The lowest BCUT2D eigenvalue weighted by Crippen LogP contribution is -2.35. The number of hydrogen-bond acceptors (Lipinski definition) is 2. The maximum absolute atomic E-state index is 11.2. The van der Waals surface area contributed by atoms with Gasteiger partial charge in [0, 0.05) is 19.4 Å². The molecule has 2 heteroatoms. The summed E-state index contributed by atoms with van der Waals surface area (Å²) in [5, 5.41) is 0. The Morgan fingerprint density at radius 2 is 2.09 bits per heavy atom. The zero-order chi connectivity index (χ0) is 8.43. The van der Waals surface area contributed by atoms with E-state index in [1.54, 1.807) is 7.11 Å². The Bertz CT molecular complexity index is 154. The lowest BCUT2D eigenvalue weighted by atomic mass is 9.78. The molecule has 0 aromatic rings. The van der Waals surface area contributed by atoms with Crippen LogP contribution < -0.4 is 0 Å². The van der Waals surface area contributed by atoms with E-state index in [1.807, 2.05) is 6.92 Å². The standard InChI is InChI=1S/C9H16O2/c1-6-7(2)9(11-3)5-4-8(6)10/h6-7,9H,4-5H2,1-3H3/t6-,7-,9?/m0/s1. The summed E-state index contributed by atoms with van der Waals surface area (Å²) in [4.78, 5) is 11.2. The van der Waals surface area contributed by atoms with Crippen molar-refractivity contribution in [2.75, 3.05) is 7.11 Å². The van der Waals surface area contributed by atoms with Gasteiger partial charge in [0.25, 0.3) is 0 Å². The number of rotatable bonds is 1. The Kier molecular flexibility index (Phi) is 2.66. The first-order valence-corrected chi connectivity index (χ1v) is 4.22. The van der Waals surface area contributed by atoms with Crippen molar-refractivity contribution in [2.45, 2.75) is 32.8 Å². The molecular weight excluding hydrogens is 140 g/mol. The second kappa shape index (κ2) is 3.35. The van der Waals surface area contributed by atoms with Gasteiger partial charge in [-0.3, -0.25) is 4.79 Å². The summed E-state index contributed by atoms with van der Waals surface area (Å²) in [6.07, 6.45) is 1.90. The van der Waals surface area contributed by atoms with Gasteiger partial charge in [-0.1, -0.05) is 13.8 Å². The van der Waals surface area contributed by atoms with E-state index in [1.165, 1.54) is 0 Å². The van der Waals surface area contributed by atoms with E-state index in [-0.39, 0.29) is 5.92 Å². The number of ketones is 1. The lowest BCUT2D eigenvalue weighted by molar-refractivity contribution is -0.130. The smallest absolute Gasteiger partial charge is 0.136 e. The molecule has 1 aliphatic rings. The monoisotopic (exact) mass is 156 g/mol. The number of carbonyl (C=O) groups excluding carboxylic acids is 1. The van der Waals surface area contributed by atoms with Gasteiger partial charge in [0.15, 0.2) is 0 Å². The second-order valence-corrected chi connectivity index (χ2v) is 3.43. The van der Waals surface area contributed by atoms with E-state index in [4.69, 9.17) is 4.74 Å². The summed E-state index contributed by atoms with van der Waals surface area (Å²) < 4.78 is 5.27. The van der Waals surface area contributed by atoms with Gasteiger partial charge in [0.1, 0.15) is 5.78 Å². The molecule has 0 aromatic heterocycles. The van der Waals surface area contributed by atoms with Crippen molar-refractivity contribution in [2.24, 2.45) is 11.8 Å². The fourth-order valence-corrected chi connectivity index (χ4v) is 1.72. The first-order chi connectivity index (χ1) is 5.16. The molecule has 0 spiro atoms. The molecule has 1 aliphatic carbocycles. The van der Waals surface area contributed by atoms with Crippen molar-refractivity contribution < 1.29 is 9.53 Å². The molecule has 2 nitrogen and oxygen atoms in total. The molecular formula is C9H16O2. The van der Waals surface area contributed by atoms with Crippen LogP contribution in [0.3, 0.4) is 0 Å². The average molecular weight is 156 g/mol. The van der Waals surface area contributed by atoms with Gasteiger partial charge in [-0.15, -0.1) is 0 Å². The highest BCUT2D eigenvalue weighted by atomic mass is 16.5. The van der Waals surface area contributed by atoms with Crippen LogP contribution in [0.4, 0.5) is 0 Å².